The van der Waals surface area contributed by atoms with E-state index in [4.69, 9.17) is 9.73 Å². The number of nitrogens with one attached hydrogen (secondary N) is 2. The Morgan fingerprint density at radius 2 is 2.19 bits per heavy atom. The minimum Gasteiger partial charge on any atom is -0.373 e. The van der Waals surface area contributed by atoms with Gasteiger partial charge in [0.25, 0.3) is 0 Å². The van der Waals surface area contributed by atoms with Crippen molar-refractivity contribution in [1.82, 2.24) is 10.6 Å². The van der Waals surface area contributed by atoms with Gasteiger partial charge < -0.3 is 15.4 Å². The summed E-state index contributed by atoms with van der Waals surface area (Å²) in [5, 5.41) is 6.89. The number of aliphatic imine (C=N–C) groups is 1. The third kappa shape index (κ3) is 3.38. The molecule has 3 rings (SSSR count). The number of benzene rings is 1. The smallest absolute Gasteiger partial charge is 0.191 e. The molecule has 2 aliphatic rings. The summed E-state index contributed by atoms with van der Waals surface area (Å²) in [4.78, 5) is 4.73. The van der Waals surface area contributed by atoms with Gasteiger partial charge in [-0.25, -0.2) is 4.99 Å². The Morgan fingerprint density at radius 1 is 1.33 bits per heavy atom. The summed E-state index contributed by atoms with van der Waals surface area (Å²) in [6.45, 7) is 5.82. The largest absolute Gasteiger partial charge is 0.373 e. The summed E-state index contributed by atoms with van der Waals surface area (Å²) in [6, 6.07) is 8.83. The topological polar surface area (TPSA) is 45.7 Å². The zero-order valence-corrected chi connectivity index (χ0v) is 12.9. The van der Waals surface area contributed by atoms with Crippen LogP contribution in [-0.4, -0.2) is 30.8 Å². The second-order valence-electron chi connectivity index (χ2n) is 5.98. The van der Waals surface area contributed by atoms with Crippen molar-refractivity contribution in [2.75, 3.05) is 6.54 Å². The quantitative estimate of drug-likeness (QED) is 0.660. The lowest BCUT2D eigenvalue weighted by atomic mass is 9.96. The maximum absolute atomic E-state index is 5.90. The fourth-order valence-corrected chi connectivity index (χ4v) is 3.24. The summed E-state index contributed by atoms with van der Waals surface area (Å²) < 4.78 is 5.90. The lowest BCUT2D eigenvalue weighted by Crippen LogP contribution is -2.47. The number of hydrogen-bond acceptors (Lipinski definition) is 2. The molecule has 2 saturated heterocycles. The number of guanidine groups is 1. The monoisotopic (exact) mass is 287 g/mol. The summed E-state index contributed by atoms with van der Waals surface area (Å²) in [5.74, 6) is 0.905. The van der Waals surface area contributed by atoms with E-state index in [0.29, 0.717) is 24.8 Å². The third-order valence-electron chi connectivity index (χ3n) is 4.44. The molecule has 0 aromatic heterocycles. The summed E-state index contributed by atoms with van der Waals surface area (Å²) >= 11 is 0. The molecule has 4 heteroatoms. The predicted molar refractivity (Wildman–Crippen MR) is 85.4 cm³/mol. The van der Waals surface area contributed by atoms with E-state index in [9.17, 15) is 0 Å². The van der Waals surface area contributed by atoms with Crippen LogP contribution in [0.5, 0.6) is 0 Å². The molecule has 0 aliphatic carbocycles. The Labute approximate surface area is 127 Å². The summed E-state index contributed by atoms with van der Waals surface area (Å²) in [7, 11) is 0. The van der Waals surface area contributed by atoms with Gasteiger partial charge >= 0.3 is 0 Å². The normalized spacial score (nSPS) is 27.9. The van der Waals surface area contributed by atoms with Crippen molar-refractivity contribution in [2.45, 2.75) is 57.9 Å². The van der Waals surface area contributed by atoms with E-state index >= 15 is 0 Å². The van der Waals surface area contributed by atoms with E-state index in [1.807, 2.05) is 0 Å². The van der Waals surface area contributed by atoms with Gasteiger partial charge in [0.2, 0.25) is 0 Å². The number of fused-ring (bicyclic) bond motifs is 2. The molecule has 1 aromatic rings. The van der Waals surface area contributed by atoms with E-state index in [2.05, 4.69) is 48.7 Å². The van der Waals surface area contributed by atoms with Crippen LogP contribution in [0, 0.1) is 6.92 Å². The van der Waals surface area contributed by atoms with Crippen molar-refractivity contribution in [3.63, 3.8) is 0 Å². The lowest BCUT2D eigenvalue weighted by Gasteiger charge is -2.22. The highest BCUT2D eigenvalue weighted by Crippen LogP contribution is 2.34. The molecule has 21 heavy (non-hydrogen) atoms. The van der Waals surface area contributed by atoms with Crippen LogP contribution in [0.15, 0.2) is 29.3 Å². The van der Waals surface area contributed by atoms with Crippen LogP contribution in [-0.2, 0) is 11.3 Å². The molecular weight excluding hydrogens is 262 g/mol. The van der Waals surface area contributed by atoms with E-state index in [-0.39, 0.29) is 0 Å². The van der Waals surface area contributed by atoms with Gasteiger partial charge in [-0.15, -0.1) is 0 Å². The summed E-state index contributed by atoms with van der Waals surface area (Å²) in [6.07, 6.45) is 4.35. The van der Waals surface area contributed by atoms with Gasteiger partial charge in [-0.1, -0.05) is 24.3 Å². The Kier molecular flexibility index (Phi) is 4.44. The Bertz CT molecular complexity index is 515. The number of aryl methyl sites for hydroxylation is 1. The van der Waals surface area contributed by atoms with Crippen LogP contribution in [0.1, 0.15) is 37.3 Å². The van der Waals surface area contributed by atoms with Crippen molar-refractivity contribution in [3.8, 4) is 0 Å². The van der Waals surface area contributed by atoms with Gasteiger partial charge in [0.05, 0.1) is 24.8 Å². The van der Waals surface area contributed by atoms with E-state index in [1.165, 1.54) is 24.0 Å². The lowest BCUT2D eigenvalue weighted by molar-refractivity contribution is 0.0992. The van der Waals surface area contributed by atoms with Gasteiger partial charge in [0.1, 0.15) is 0 Å². The Balaban J connectivity index is 1.63. The van der Waals surface area contributed by atoms with Gasteiger partial charge in [-0.2, -0.15) is 0 Å². The fraction of sp³-hybridized carbons (Fsp3) is 0.588. The molecule has 0 spiro atoms. The summed E-state index contributed by atoms with van der Waals surface area (Å²) in [5.41, 5.74) is 2.57. The zero-order valence-electron chi connectivity index (χ0n) is 12.9. The van der Waals surface area contributed by atoms with Gasteiger partial charge in [-0.05, 0) is 44.2 Å². The standard InChI is InChI=1S/C17H25N3O/c1-3-18-17(19-11-13-7-5-4-6-12(13)2)20-15-10-14-8-9-16(15)21-14/h4-7,14-16H,3,8-11H2,1-2H3,(H2,18,19,20). The van der Waals surface area contributed by atoms with Crippen LogP contribution in [0.4, 0.5) is 0 Å². The van der Waals surface area contributed by atoms with Crippen LogP contribution >= 0.6 is 0 Å². The fourth-order valence-electron chi connectivity index (χ4n) is 3.24. The van der Waals surface area contributed by atoms with Crippen molar-refractivity contribution in [2.24, 2.45) is 4.99 Å². The van der Waals surface area contributed by atoms with Gasteiger partial charge in [-0.3, -0.25) is 0 Å². The molecule has 2 aliphatic heterocycles. The number of nitrogens with zero attached hydrogens (tertiary/aromatic N) is 1. The second-order valence-corrected chi connectivity index (χ2v) is 5.98. The maximum atomic E-state index is 5.90. The first-order chi connectivity index (χ1) is 10.3. The first kappa shape index (κ1) is 14.4. The predicted octanol–water partition coefficient (Wildman–Crippen LogP) is 2.37. The minimum absolute atomic E-state index is 0.373. The molecule has 0 radical (unpaired) electrons. The first-order valence-corrected chi connectivity index (χ1v) is 8.01. The highest BCUT2D eigenvalue weighted by atomic mass is 16.5. The molecule has 0 amide bonds. The average molecular weight is 287 g/mol. The average Bonchev–Trinajstić information content (AvgIpc) is 3.09. The van der Waals surface area contributed by atoms with Crippen molar-refractivity contribution in [3.05, 3.63) is 35.4 Å². The van der Waals surface area contributed by atoms with Crippen molar-refractivity contribution < 1.29 is 4.74 Å². The SMILES string of the molecule is CCNC(=NCc1ccccc1C)NC1CC2CCC1O2. The molecule has 2 heterocycles. The van der Waals surface area contributed by atoms with Gasteiger partial charge in [0, 0.05) is 6.54 Å². The molecule has 0 saturated carbocycles. The number of hydrogen-bond donors (Lipinski definition) is 2. The number of rotatable bonds is 4. The molecule has 1 aromatic carbocycles. The molecule has 2 N–H and O–H groups in total. The van der Waals surface area contributed by atoms with E-state index in [1.54, 1.807) is 0 Å². The Hall–Kier alpha value is -1.55. The van der Waals surface area contributed by atoms with Crippen LogP contribution in [0.25, 0.3) is 0 Å². The Morgan fingerprint density at radius 3 is 2.86 bits per heavy atom. The minimum atomic E-state index is 0.373. The van der Waals surface area contributed by atoms with Gasteiger partial charge in [0.15, 0.2) is 5.96 Å². The maximum Gasteiger partial charge on any atom is 0.191 e. The van der Waals surface area contributed by atoms with Crippen LogP contribution in [0.2, 0.25) is 0 Å². The molecule has 3 unspecified atom stereocenters. The van der Waals surface area contributed by atoms with Crippen molar-refractivity contribution >= 4 is 5.96 Å². The second kappa shape index (κ2) is 6.48. The van der Waals surface area contributed by atoms with E-state index < -0.39 is 0 Å². The molecule has 2 bridgehead atoms. The first-order valence-electron chi connectivity index (χ1n) is 8.01. The third-order valence-corrected chi connectivity index (χ3v) is 4.44. The van der Waals surface area contributed by atoms with E-state index in [0.717, 1.165) is 18.9 Å². The molecule has 4 nitrogen and oxygen atoms in total. The van der Waals surface area contributed by atoms with Crippen molar-refractivity contribution in [1.29, 1.82) is 0 Å². The molecule has 3 atom stereocenters. The zero-order chi connectivity index (χ0) is 14.7. The molecule has 2 fully saturated rings. The molecule has 114 valence electrons. The number of ether oxygens (including phenoxy) is 1. The van der Waals surface area contributed by atoms with Crippen LogP contribution in [0.3, 0.4) is 0 Å². The highest BCUT2D eigenvalue weighted by molar-refractivity contribution is 5.80. The molecular formula is C17H25N3O. The highest BCUT2D eigenvalue weighted by Gasteiger charge is 2.41. The van der Waals surface area contributed by atoms with Crippen LogP contribution < -0.4 is 10.6 Å².